The number of ether oxygens (including phenoxy) is 1. The fourth-order valence-electron chi connectivity index (χ4n) is 2.82. The number of hydrogen-bond donors (Lipinski definition) is 1. The van der Waals surface area contributed by atoms with Gasteiger partial charge in [-0.15, -0.1) is 0 Å². The minimum atomic E-state index is -0.346. The normalized spacial score (nSPS) is 35.3. The second-order valence-corrected chi connectivity index (χ2v) is 5.80. The summed E-state index contributed by atoms with van der Waals surface area (Å²) in [5.74, 6) is 1.39. The summed E-state index contributed by atoms with van der Waals surface area (Å²) in [6.07, 6.45) is 2.20. The molecule has 3 unspecified atom stereocenters. The third kappa shape index (κ3) is 2.33. The second-order valence-electron chi connectivity index (χ2n) is 5.80. The van der Waals surface area contributed by atoms with Crippen LogP contribution in [0, 0.1) is 17.8 Å². The molecule has 2 fully saturated rings. The number of rotatable bonds is 1. The van der Waals surface area contributed by atoms with Gasteiger partial charge in [0.15, 0.2) is 0 Å². The summed E-state index contributed by atoms with van der Waals surface area (Å²) in [6, 6.07) is 0. The third-order valence-electron chi connectivity index (χ3n) is 3.47. The molecule has 0 bridgehead atoms. The first-order chi connectivity index (χ1) is 6.97. The van der Waals surface area contributed by atoms with Crippen LogP contribution in [0.5, 0.6) is 0 Å². The van der Waals surface area contributed by atoms with Crippen molar-refractivity contribution in [3.8, 4) is 0 Å². The van der Waals surface area contributed by atoms with Crippen LogP contribution in [0.1, 0.15) is 33.6 Å². The molecule has 0 amide bonds. The van der Waals surface area contributed by atoms with Crippen LogP contribution in [0.3, 0.4) is 0 Å². The maximum absolute atomic E-state index is 12.0. The van der Waals surface area contributed by atoms with Crippen molar-refractivity contribution >= 4 is 5.97 Å². The molecule has 86 valence electrons. The van der Waals surface area contributed by atoms with E-state index in [0.29, 0.717) is 11.8 Å². The van der Waals surface area contributed by atoms with E-state index in [1.165, 1.54) is 6.42 Å². The van der Waals surface area contributed by atoms with Crippen LogP contribution < -0.4 is 5.32 Å². The van der Waals surface area contributed by atoms with E-state index in [4.69, 9.17) is 4.74 Å². The topological polar surface area (TPSA) is 38.3 Å². The summed E-state index contributed by atoms with van der Waals surface area (Å²) in [6.45, 7) is 7.89. The number of nitrogens with one attached hydrogen (secondary N) is 1. The predicted octanol–water partition coefficient (Wildman–Crippen LogP) is 1.57. The minimum absolute atomic E-state index is 0.0127. The first-order valence-corrected chi connectivity index (χ1v) is 5.91. The summed E-state index contributed by atoms with van der Waals surface area (Å²) >= 11 is 0. The Morgan fingerprint density at radius 3 is 2.67 bits per heavy atom. The van der Waals surface area contributed by atoms with E-state index in [-0.39, 0.29) is 17.5 Å². The first-order valence-electron chi connectivity index (χ1n) is 5.91. The molecule has 0 aromatic carbocycles. The summed E-state index contributed by atoms with van der Waals surface area (Å²) in [5.41, 5.74) is -0.346. The van der Waals surface area contributed by atoms with Gasteiger partial charge in [-0.05, 0) is 58.5 Å². The zero-order valence-corrected chi connectivity index (χ0v) is 9.88. The highest BCUT2D eigenvalue weighted by molar-refractivity contribution is 5.73. The van der Waals surface area contributed by atoms with Crippen molar-refractivity contribution < 1.29 is 9.53 Å². The molecule has 1 aliphatic heterocycles. The molecule has 1 aliphatic carbocycles. The molecule has 15 heavy (non-hydrogen) atoms. The van der Waals surface area contributed by atoms with Crippen LogP contribution in [-0.2, 0) is 9.53 Å². The zero-order valence-electron chi connectivity index (χ0n) is 9.88. The second kappa shape index (κ2) is 3.78. The van der Waals surface area contributed by atoms with Crippen molar-refractivity contribution in [2.24, 2.45) is 17.8 Å². The molecule has 3 atom stereocenters. The van der Waals surface area contributed by atoms with Crippen molar-refractivity contribution in [2.45, 2.75) is 39.2 Å². The smallest absolute Gasteiger partial charge is 0.309 e. The lowest BCUT2D eigenvalue weighted by Gasteiger charge is -2.24. The van der Waals surface area contributed by atoms with Crippen molar-refractivity contribution in [1.29, 1.82) is 0 Å². The van der Waals surface area contributed by atoms with E-state index in [0.717, 1.165) is 19.5 Å². The molecule has 0 aromatic rings. The first kappa shape index (κ1) is 10.9. The van der Waals surface area contributed by atoms with Gasteiger partial charge in [-0.2, -0.15) is 0 Å². The van der Waals surface area contributed by atoms with Crippen LogP contribution in [-0.4, -0.2) is 24.7 Å². The summed E-state index contributed by atoms with van der Waals surface area (Å²) in [5, 5.41) is 3.36. The fourth-order valence-corrected chi connectivity index (χ4v) is 2.82. The lowest BCUT2D eigenvalue weighted by Crippen LogP contribution is -2.32. The molecule has 2 rings (SSSR count). The van der Waals surface area contributed by atoms with E-state index in [1.54, 1.807) is 0 Å². The zero-order chi connectivity index (χ0) is 11.1. The van der Waals surface area contributed by atoms with Crippen LogP contribution >= 0.6 is 0 Å². The molecule has 0 spiro atoms. The Hall–Kier alpha value is -0.570. The van der Waals surface area contributed by atoms with Crippen molar-refractivity contribution in [3.63, 3.8) is 0 Å². The maximum atomic E-state index is 12.0. The molecule has 3 heteroatoms. The molecule has 1 saturated heterocycles. The minimum Gasteiger partial charge on any atom is -0.460 e. The van der Waals surface area contributed by atoms with Gasteiger partial charge in [-0.25, -0.2) is 0 Å². The monoisotopic (exact) mass is 211 g/mol. The number of carbonyl (C=O) groups excluding carboxylic acids is 1. The largest absolute Gasteiger partial charge is 0.460 e. The summed E-state index contributed by atoms with van der Waals surface area (Å²) in [7, 11) is 0. The van der Waals surface area contributed by atoms with Gasteiger partial charge < -0.3 is 10.1 Å². The highest BCUT2D eigenvalue weighted by Gasteiger charge is 2.44. The number of hydrogen-bond acceptors (Lipinski definition) is 3. The number of esters is 1. The number of carbonyl (C=O) groups is 1. The molecule has 2 aliphatic rings. The molecule has 0 radical (unpaired) electrons. The molecule has 1 N–H and O–H groups in total. The Morgan fingerprint density at radius 1 is 1.27 bits per heavy atom. The molecular formula is C12H21NO2. The third-order valence-corrected chi connectivity index (χ3v) is 3.47. The van der Waals surface area contributed by atoms with Crippen LogP contribution in [0.15, 0.2) is 0 Å². The molecule has 1 heterocycles. The average molecular weight is 211 g/mol. The lowest BCUT2D eigenvalue weighted by molar-refractivity contribution is -0.161. The van der Waals surface area contributed by atoms with Gasteiger partial charge in [0, 0.05) is 0 Å². The van der Waals surface area contributed by atoms with Gasteiger partial charge >= 0.3 is 5.97 Å². The Bertz CT molecular complexity index is 257. The maximum Gasteiger partial charge on any atom is 0.309 e. The Labute approximate surface area is 91.6 Å². The van der Waals surface area contributed by atoms with Gasteiger partial charge in [0.25, 0.3) is 0 Å². The Balaban J connectivity index is 1.96. The summed E-state index contributed by atoms with van der Waals surface area (Å²) < 4.78 is 5.46. The van der Waals surface area contributed by atoms with Crippen molar-refractivity contribution in [1.82, 2.24) is 5.32 Å². The Kier molecular flexibility index (Phi) is 2.75. The number of fused-ring (bicyclic) bond motifs is 1. The van der Waals surface area contributed by atoms with Crippen LogP contribution in [0.4, 0.5) is 0 Å². The molecule has 1 saturated carbocycles. The molecule has 3 nitrogen and oxygen atoms in total. The van der Waals surface area contributed by atoms with Gasteiger partial charge in [0.05, 0.1) is 5.92 Å². The predicted molar refractivity (Wildman–Crippen MR) is 58.4 cm³/mol. The highest BCUT2D eigenvalue weighted by atomic mass is 16.6. The lowest BCUT2D eigenvalue weighted by atomic mass is 9.92. The van der Waals surface area contributed by atoms with Gasteiger partial charge in [-0.3, -0.25) is 4.79 Å². The van der Waals surface area contributed by atoms with E-state index in [2.05, 4.69) is 5.32 Å². The van der Waals surface area contributed by atoms with Crippen LogP contribution in [0.25, 0.3) is 0 Å². The standard InChI is InChI=1S/C12H21NO2/c1-12(2,3)15-11(14)9-5-4-8-6-13-7-10(8)9/h8-10,13H,4-7H2,1-3H3. The van der Waals surface area contributed by atoms with Crippen LogP contribution in [0.2, 0.25) is 0 Å². The Morgan fingerprint density at radius 2 is 2.00 bits per heavy atom. The van der Waals surface area contributed by atoms with Crippen molar-refractivity contribution in [3.05, 3.63) is 0 Å². The van der Waals surface area contributed by atoms with Gasteiger partial charge in [0.1, 0.15) is 5.60 Å². The molecular weight excluding hydrogens is 190 g/mol. The fraction of sp³-hybridized carbons (Fsp3) is 0.917. The van der Waals surface area contributed by atoms with E-state index >= 15 is 0 Å². The van der Waals surface area contributed by atoms with Gasteiger partial charge in [0.2, 0.25) is 0 Å². The quantitative estimate of drug-likeness (QED) is 0.669. The highest BCUT2D eigenvalue weighted by Crippen LogP contribution is 2.40. The van der Waals surface area contributed by atoms with E-state index < -0.39 is 0 Å². The molecule has 0 aromatic heterocycles. The van der Waals surface area contributed by atoms with E-state index in [1.807, 2.05) is 20.8 Å². The SMILES string of the molecule is CC(C)(C)OC(=O)C1CCC2CNCC21. The van der Waals surface area contributed by atoms with Gasteiger partial charge in [-0.1, -0.05) is 0 Å². The van der Waals surface area contributed by atoms with Crippen molar-refractivity contribution in [2.75, 3.05) is 13.1 Å². The average Bonchev–Trinajstić information content (AvgIpc) is 2.57. The van der Waals surface area contributed by atoms with E-state index in [9.17, 15) is 4.79 Å². The summed E-state index contributed by atoms with van der Waals surface area (Å²) in [4.78, 5) is 12.0.